The van der Waals surface area contributed by atoms with Crippen LogP contribution < -0.4 is 5.32 Å². The molecule has 0 unspecified atom stereocenters. The van der Waals surface area contributed by atoms with Crippen molar-refractivity contribution in [3.8, 4) is 0 Å². The Hall–Kier alpha value is -2.65. The largest absolute Gasteiger partial charge is 0.464 e. The summed E-state index contributed by atoms with van der Waals surface area (Å²) in [7, 11) is -1.14. The molecule has 0 radical (unpaired) electrons. The lowest BCUT2D eigenvalue weighted by atomic mass is 10.1. The number of aryl methyl sites for hydroxylation is 2. The molecule has 1 atom stereocenters. The molecule has 29 heavy (non-hydrogen) atoms. The van der Waals surface area contributed by atoms with Gasteiger partial charge >= 0.3 is 5.97 Å². The number of carbonyl (C=O) groups excluding carboxylic acids is 2. The van der Waals surface area contributed by atoms with Crippen LogP contribution in [-0.2, 0) is 33.0 Å². The fourth-order valence-electron chi connectivity index (χ4n) is 3.57. The van der Waals surface area contributed by atoms with E-state index in [0.717, 1.165) is 12.0 Å². The Morgan fingerprint density at radius 2 is 2.00 bits per heavy atom. The van der Waals surface area contributed by atoms with Gasteiger partial charge in [0.2, 0.25) is 15.9 Å². The van der Waals surface area contributed by atoms with Gasteiger partial charge in [0.15, 0.2) is 0 Å². The molecule has 2 aromatic rings. The van der Waals surface area contributed by atoms with Crippen molar-refractivity contribution in [1.82, 2.24) is 8.87 Å². The fourth-order valence-corrected chi connectivity index (χ4v) is 5.30. The van der Waals surface area contributed by atoms with E-state index in [0.29, 0.717) is 18.5 Å². The summed E-state index contributed by atoms with van der Waals surface area (Å²) >= 11 is 0. The second-order valence-corrected chi connectivity index (χ2v) is 8.83. The molecule has 1 fully saturated rings. The molecule has 0 saturated carbocycles. The third-order valence-corrected chi connectivity index (χ3v) is 7.02. The molecule has 1 aliphatic rings. The van der Waals surface area contributed by atoms with E-state index in [2.05, 4.69) is 10.1 Å². The van der Waals surface area contributed by atoms with Gasteiger partial charge in [-0.15, -0.1) is 0 Å². The zero-order valence-electron chi connectivity index (χ0n) is 16.7. The Kier molecular flexibility index (Phi) is 6.09. The molecule has 1 aromatic carbocycles. The predicted molar refractivity (Wildman–Crippen MR) is 108 cm³/mol. The van der Waals surface area contributed by atoms with E-state index < -0.39 is 22.0 Å². The molecule has 1 amide bonds. The SMILES string of the molecule is CCc1ccccc1NC(=O)[C@@H]1CCCN1S(=O)(=O)c1cc(C(=O)OC)n(C)c1. The molecule has 1 aromatic heterocycles. The first-order chi connectivity index (χ1) is 13.8. The molecule has 1 saturated heterocycles. The van der Waals surface area contributed by atoms with Crippen molar-refractivity contribution in [2.45, 2.75) is 37.1 Å². The molecule has 156 valence electrons. The number of para-hydroxylation sites is 1. The molecule has 0 bridgehead atoms. The van der Waals surface area contributed by atoms with Crippen molar-refractivity contribution in [1.29, 1.82) is 0 Å². The molecule has 1 N–H and O–H groups in total. The summed E-state index contributed by atoms with van der Waals surface area (Å²) in [6.45, 7) is 2.24. The summed E-state index contributed by atoms with van der Waals surface area (Å²) < 4.78 is 33.7. The second kappa shape index (κ2) is 8.38. The van der Waals surface area contributed by atoms with Gasteiger partial charge in [0, 0.05) is 25.5 Å². The van der Waals surface area contributed by atoms with Crippen molar-refractivity contribution >= 4 is 27.6 Å². The summed E-state index contributed by atoms with van der Waals surface area (Å²) in [6, 6.07) is 7.94. The number of ether oxygens (including phenoxy) is 1. The molecule has 0 spiro atoms. The van der Waals surface area contributed by atoms with Crippen LogP contribution in [0.15, 0.2) is 41.4 Å². The lowest BCUT2D eigenvalue weighted by Gasteiger charge is -2.23. The lowest BCUT2D eigenvalue weighted by Crippen LogP contribution is -2.43. The Bertz CT molecular complexity index is 1030. The summed E-state index contributed by atoms with van der Waals surface area (Å²) in [5.41, 5.74) is 1.80. The van der Waals surface area contributed by atoms with Crippen molar-refractivity contribution in [2.24, 2.45) is 7.05 Å². The van der Waals surface area contributed by atoms with Crippen molar-refractivity contribution in [3.05, 3.63) is 47.8 Å². The number of nitrogens with zero attached hydrogens (tertiary/aromatic N) is 2. The van der Waals surface area contributed by atoms with E-state index >= 15 is 0 Å². The van der Waals surface area contributed by atoms with Crippen LogP contribution in [0.3, 0.4) is 0 Å². The Labute approximate surface area is 170 Å². The number of aromatic nitrogens is 1. The molecule has 8 nitrogen and oxygen atoms in total. The van der Waals surface area contributed by atoms with Crippen molar-refractivity contribution < 1.29 is 22.7 Å². The van der Waals surface area contributed by atoms with Gasteiger partial charge in [0.05, 0.1) is 7.11 Å². The van der Waals surface area contributed by atoms with E-state index in [9.17, 15) is 18.0 Å². The highest BCUT2D eigenvalue weighted by Crippen LogP contribution is 2.28. The standard InChI is InChI=1S/C20H25N3O5S/c1-4-14-8-5-6-9-16(14)21-19(24)17-10-7-11-23(17)29(26,27)15-12-18(20(25)28-3)22(2)13-15/h5-6,8-9,12-13,17H,4,7,10-11H2,1-3H3,(H,21,24)/t17-/m0/s1. The number of amides is 1. The molecule has 3 rings (SSSR count). The molecule has 9 heteroatoms. The topological polar surface area (TPSA) is 97.7 Å². The van der Waals surface area contributed by atoms with Gasteiger partial charge < -0.3 is 14.6 Å². The summed E-state index contributed by atoms with van der Waals surface area (Å²) in [6.07, 6.45) is 3.14. The van der Waals surface area contributed by atoms with Gasteiger partial charge in [-0.2, -0.15) is 4.31 Å². The van der Waals surface area contributed by atoms with Gasteiger partial charge in [-0.1, -0.05) is 25.1 Å². The van der Waals surface area contributed by atoms with E-state index in [1.165, 1.54) is 28.2 Å². The molecule has 1 aliphatic heterocycles. The highest BCUT2D eigenvalue weighted by atomic mass is 32.2. The number of hydrogen-bond donors (Lipinski definition) is 1. The maximum atomic E-state index is 13.2. The minimum Gasteiger partial charge on any atom is -0.464 e. The smallest absolute Gasteiger partial charge is 0.354 e. The second-order valence-electron chi connectivity index (χ2n) is 6.94. The maximum Gasteiger partial charge on any atom is 0.354 e. The Morgan fingerprint density at radius 3 is 2.69 bits per heavy atom. The number of methoxy groups -OCH3 is 1. The molecular formula is C20H25N3O5S. The van der Waals surface area contributed by atoms with E-state index in [-0.39, 0.29) is 23.0 Å². The summed E-state index contributed by atoms with van der Waals surface area (Å²) in [5.74, 6) is -0.975. The first-order valence-electron chi connectivity index (χ1n) is 9.45. The molecular weight excluding hydrogens is 394 g/mol. The molecule has 2 heterocycles. The fraction of sp³-hybridized carbons (Fsp3) is 0.400. The van der Waals surface area contributed by atoms with Gasteiger partial charge in [-0.25, -0.2) is 13.2 Å². The normalized spacial score (nSPS) is 17.3. The van der Waals surface area contributed by atoms with Crippen molar-refractivity contribution in [3.63, 3.8) is 0 Å². The molecule has 0 aliphatic carbocycles. The number of anilines is 1. The van der Waals surface area contributed by atoms with Crippen LogP contribution in [0.1, 0.15) is 35.8 Å². The minimum absolute atomic E-state index is 0.0333. The van der Waals surface area contributed by atoms with Crippen LogP contribution in [0.2, 0.25) is 0 Å². The average molecular weight is 420 g/mol. The monoisotopic (exact) mass is 419 g/mol. The number of rotatable bonds is 6. The Balaban J connectivity index is 1.86. The minimum atomic E-state index is -3.94. The van der Waals surface area contributed by atoms with Gasteiger partial charge in [-0.3, -0.25) is 4.79 Å². The lowest BCUT2D eigenvalue weighted by molar-refractivity contribution is -0.119. The maximum absolute atomic E-state index is 13.2. The highest BCUT2D eigenvalue weighted by Gasteiger charge is 2.40. The third kappa shape index (κ3) is 4.06. The predicted octanol–water partition coefficient (Wildman–Crippen LogP) is 2.17. The number of esters is 1. The first-order valence-corrected chi connectivity index (χ1v) is 10.9. The van der Waals surface area contributed by atoms with Crippen LogP contribution in [0.4, 0.5) is 5.69 Å². The number of sulfonamides is 1. The van der Waals surface area contributed by atoms with Crippen LogP contribution in [-0.4, -0.2) is 48.9 Å². The average Bonchev–Trinajstić information content (AvgIpc) is 3.35. The Morgan fingerprint density at radius 1 is 1.28 bits per heavy atom. The van der Waals surface area contributed by atoms with Crippen LogP contribution >= 0.6 is 0 Å². The number of hydrogen-bond acceptors (Lipinski definition) is 5. The summed E-state index contributed by atoms with van der Waals surface area (Å²) in [5, 5.41) is 2.88. The third-order valence-electron chi connectivity index (χ3n) is 5.14. The summed E-state index contributed by atoms with van der Waals surface area (Å²) in [4.78, 5) is 24.7. The van der Waals surface area contributed by atoms with Gasteiger partial charge in [0.1, 0.15) is 16.6 Å². The zero-order chi connectivity index (χ0) is 21.2. The number of nitrogens with one attached hydrogen (secondary N) is 1. The van der Waals surface area contributed by atoms with E-state index in [1.807, 2.05) is 31.2 Å². The van der Waals surface area contributed by atoms with Crippen LogP contribution in [0.5, 0.6) is 0 Å². The van der Waals surface area contributed by atoms with Crippen LogP contribution in [0, 0.1) is 0 Å². The van der Waals surface area contributed by atoms with E-state index in [4.69, 9.17) is 0 Å². The first kappa shape index (κ1) is 21.1. The van der Waals surface area contributed by atoms with Gasteiger partial charge in [-0.05, 0) is 37.0 Å². The van der Waals surface area contributed by atoms with Crippen molar-refractivity contribution in [2.75, 3.05) is 19.0 Å². The quantitative estimate of drug-likeness (QED) is 0.724. The van der Waals surface area contributed by atoms with E-state index in [1.54, 1.807) is 7.05 Å². The highest BCUT2D eigenvalue weighted by molar-refractivity contribution is 7.89. The van der Waals surface area contributed by atoms with Crippen LogP contribution in [0.25, 0.3) is 0 Å². The number of benzene rings is 1. The van der Waals surface area contributed by atoms with Gasteiger partial charge in [0.25, 0.3) is 0 Å². The number of carbonyl (C=O) groups is 2. The zero-order valence-corrected chi connectivity index (χ0v) is 17.5.